The van der Waals surface area contributed by atoms with Crippen LogP contribution >= 0.6 is 0 Å². The fourth-order valence-corrected chi connectivity index (χ4v) is 1.37. The number of anilines is 2. The third kappa shape index (κ3) is 1.85. The Balaban J connectivity index is 2.20. The van der Waals surface area contributed by atoms with Crippen LogP contribution in [0, 0.1) is 11.3 Å². The predicted molar refractivity (Wildman–Crippen MR) is 56.0 cm³/mol. The lowest BCUT2D eigenvalue weighted by Gasteiger charge is -2.15. The van der Waals surface area contributed by atoms with Crippen LogP contribution in [0.25, 0.3) is 0 Å². The van der Waals surface area contributed by atoms with Crippen molar-refractivity contribution in [3.8, 4) is 6.07 Å². The van der Waals surface area contributed by atoms with Gasteiger partial charge in [-0.2, -0.15) is 5.26 Å². The molecule has 1 aliphatic carbocycles. The fraction of sp³-hybridized carbons (Fsp3) is 0.400. The summed E-state index contributed by atoms with van der Waals surface area (Å²) in [7, 11) is 0. The van der Waals surface area contributed by atoms with Crippen LogP contribution in [0.1, 0.15) is 18.5 Å². The Bertz CT molecular complexity index is 420. The third-order valence-corrected chi connectivity index (χ3v) is 2.58. The summed E-state index contributed by atoms with van der Waals surface area (Å²) in [6.45, 7) is 0.0843. The van der Waals surface area contributed by atoms with Gasteiger partial charge in [-0.3, -0.25) is 0 Å². The van der Waals surface area contributed by atoms with Gasteiger partial charge in [0.1, 0.15) is 11.9 Å². The molecule has 0 aliphatic heterocycles. The molecule has 0 spiro atoms. The van der Waals surface area contributed by atoms with Gasteiger partial charge in [-0.25, -0.2) is 4.98 Å². The lowest BCUT2D eigenvalue weighted by Crippen LogP contribution is -2.26. The van der Waals surface area contributed by atoms with Crippen molar-refractivity contribution in [3.63, 3.8) is 0 Å². The number of nitrogens with two attached hydrogens (primary N) is 1. The molecule has 5 heteroatoms. The normalized spacial score (nSPS) is 16.8. The van der Waals surface area contributed by atoms with Crippen molar-refractivity contribution in [2.45, 2.75) is 18.4 Å². The Morgan fingerprint density at radius 2 is 2.33 bits per heavy atom. The van der Waals surface area contributed by atoms with E-state index in [2.05, 4.69) is 10.3 Å². The lowest BCUT2D eigenvalue weighted by atomic mass is 10.2. The van der Waals surface area contributed by atoms with Gasteiger partial charge in [-0.15, -0.1) is 0 Å². The third-order valence-electron chi connectivity index (χ3n) is 2.58. The van der Waals surface area contributed by atoms with E-state index in [9.17, 15) is 0 Å². The Labute approximate surface area is 87.5 Å². The van der Waals surface area contributed by atoms with Gasteiger partial charge in [0.05, 0.1) is 17.8 Å². The first kappa shape index (κ1) is 9.74. The van der Waals surface area contributed by atoms with Crippen molar-refractivity contribution in [3.05, 3.63) is 17.8 Å². The minimum Gasteiger partial charge on any atom is -0.396 e. The number of aliphatic hydroxyl groups is 1. The molecule has 0 aromatic carbocycles. The Hall–Kier alpha value is -1.80. The molecule has 2 rings (SSSR count). The van der Waals surface area contributed by atoms with Gasteiger partial charge in [-0.05, 0) is 25.0 Å². The maximum Gasteiger partial charge on any atom is 0.165 e. The number of nitrogen functional groups attached to an aromatic ring is 1. The topological polar surface area (TPSA) is 95.0 Å². The van der Waals surface area contributed by atoms with Gasteiger partial charge in [0.2, 0.25) is 0 Å². The van der Waals surface area contributed by atoms with Gasteiger partial charge < -0.3 is 16.2 Å². The van der Waals surface area contributed by atoms with E-state index in [1.54, 1.807) is 12.1 Å². The molecular formula is C10H12N4O. The van der Waals surface area contributed by atoms with Crippen LogP contribution in [-0.2, 0) is 0 Å². The monoisotopic (exact) mass is 204 g/mol. The molecule has 1 heterocycles. The highest BCUT2D eigenvalue weighted by molar-refractivity contribution is 5.55. The molecule has 78 valence electrons. The van der Waals surface area contributed by atoms with Crippen molar-refractivity contribution in [1.82, 2.24) is 4.98 Å². The second-order valence-corrected chi connectivity index (χ2v) is 3.81. The smallest absolute Gasteiger partial charge is 0.165 e. The van der Waals surface area contributed by atoms with Crippen molar-refractivity contribution >= 4 is 11.5 Å². The number of nitrogens with zero attached hydrogens (tertiary/aromatic N) is 2. The van der Waals surface area contributed by atoms with E-state index >= 15 is 0 Å². The number of aliphatic hydroxyl groups excluding tert-OH is 1. The van der Waals surface area contributed by atoms with Crippen LogP contribution in [0.4, 0.5) is 11.5 Å². The van der Waals surface area contributed by atoms with E-state index in [0.717, 1.165) is 12.8 Å². The van der Waals surface area contributed by atoms with Crippen LogP contribution in [0.5, 0.6) is 0 Å². The van der Waals surface area contributed by atoms with Crippen LogP contribution < -0.4 is 11.1 Å². The maximum absolute atomic E-state index is 9.12. The minimum atomic E-state index is -0.226. The number of hydrogen-bond donors (Lipinski definition) is 3. The van der Waals surface area contributed by atoms with Gasteiger partial charge in [0, 0.05) is 0 Å². The number of pyridine rings is 1. The Morgan fingerprint density at radius 1 is 1.60 bits per heavy atom. The van der Waals surface area contributed by atoms with Crippen molar-refractivity contribution in [1.29, 1.82) is 5.26 Å². The number of rotatable bonds is 3. The van der Waals surface area contributed by atoms with E-state index in [-0.39, 0.29) is 17.8 Å². The van der Waals surface area contributed by atoms with Crippen molar-refractivity contribution in [2.75, 3.05) is 17.7 Å². The summed E-state index contributed by atoms with van der Waals surface area (Å²) in [6.07, 6.45) is 1.86. The summed E-state index contributed by atoms with van der Waals surface area (Å²) in [6, 6.07) is 5.28. The Morgan fingerprint density at radius 3 is 2.87 bits per heavy atom. The maximum atomic E-state index is 9.12. The zero-order valence-electron chi connectivity index (χ0n) is 8.20. The molecule has 0 saturated heterocycles. The highest BCUT2D eigenvalue weighted by Gasteiger charge is 2.42. The van der Waals surface area contributed by atoms with Crippen LogP contribution in [0.15, 0.2) is 12.1 Å². The molecule has 0 radical (unpaired) electrons. The van der Waals surface area contributed by atoms with E-state index in [0.29, 0.717) is 11.5 Å². The standard InChI is InChI=1S/C10H12N4O/c11-5-8-7(12)1-2-9(13-8)14-10(6-15)3-4-10/h1-2,15H,3-4,6,12H2,(H,13,14). The summed E-state index contributed by atoms with van der Waals surface area (Å²) in [5.41, 5.74) is 5.91. The second-order valence-electron chi connectivity index (χ2n) is 3.81. The zero-order chi connectivity index (χ0) is 10.9. The summed E-state index contributed by atoms with van der Waals surface area (Å²) in [5, 5.41) is 21.0. The number of nitriles is 1. The van der Waals surface area contributed by atoms with Gasteiger partial charge in [0.25, 0.3) is 0 Å². The average molecular weight is 204 g/mol. The predicted octanol–water partition coefficient (Wildman–Crippen LogP) is 0.472. The molecule has 0 bridgehead atoms. The first-order chi connectivity index (χ1) is 7.19. The molecule has 1 aliphatic rings. The second kappa shape index (κ2) is 3.41. The highest BCUT2D eigenvalue weighted by Crippen LogP contribution is 2.37. The molecule has 15 heavy (non-hydrogen) atoms. The first-order valence-corrected chi connectivity index (χ1v) is 4.75. The number of aromatic nitrogens is 1. The van der Waals surface area contributed by atoms with Gasteiger partial charge in [0.15, 0.2) is 5.69 Å². The highest BCUT2D eigenvalue weighted by atomic mass is 16.3. The quantitative estimate of drug-likeness (QED) is 0.665. The molecule has 1 saturated carbocycles. The molecule has 4 N–H and O–H groups in total. The summed E-state index contributed by atoms with van der Waals surface area (Å²) in [4.78, 5) is 4.06. The van der Waals surface area contributed by atoms with E-state index < -0.39 is 0 Å². The number of nitrogens with one attached hydrogen (secondary N) is 1. The summed E-state index contributed by atoms with van der Waals surface area (Å²) in [5.74, 6) is 0.590. The van der Waals surface area contributed by atoms with E-state index in [1.165, 1.54) is 0 Å². The van der Waals surface area contributed by atoms with Crippen LogP contribution in [-0.4, -0.2) is 22.2 Å². The molecule has 1 aromatic rings. The molecule has 0 unspecified atom stereocenters. The zero-order valence-corrected chi connectivity index (χ0v) is 8.20. The SMILES string of the molecule is N#Cc1nc(NC2(CO)CC2)ccc1N. The molecule has 1 fully saturated rings. The molecule has 0 amide bonds. The van der Waals surface area contributed by atoms with E-state index in [4.69, 9.17) is 16.1 Å². The largest absolute Gasteiger partial charge is 0.396 e. The fourth-order valence-electron chi connectivity index (χ4n) is 1.37. The van der Waals surface area contributed by atoms with Crippen molar-refractivity contribution in [2.24, 2.45) is 0 Å². The molecule has 5 nitrogen and oxygen atoms in total. The van der Waals surface area contributed by atoms with Gasteiger partial charge in [-0.1, -0.05) is 0 Å². The van der Waals surface area contributed by atoms with Crippen LogP contribution in [0.3, 0.4) is 0 Å². The molecule has 0 atom stereocenters. The van der Waals surface area contributed by atoms with Gasteiger partial charge >= 0.3 is 0 Å². The molecule has 1 aromatic heterocycles. The first-order valence-electron chi connectivity index (χ1n) is 4.75. The lowest BCUT2D eigenvalue weighted by molar-refractivity contribution is 0.266. The summed E-state index contributed by atoms with van der Waals surface area (Å²) < 4.78 is 0. The number of hydrogen-bond acceptors (Lipinski definition) is 5. The van der Waals surface area contributed by atoms with E-state index in [1.807, 2.05) is 6.07 Å². The average Bonchev–Trinajstić information content (AvgIpc) is 3.02. The molecular weight excluding hydrogens is 192 g/mol. The summed E-state index contributed by atoms with van der Waals surface area (Å²) >= 11 is 0. The van der Waals surface area contributed by atoms with Crippen molar-refractivity contribution < 1.29 is 5.11 Å². The van der Waals surface area contributed by atoms with Crippen LogP contribution in [0.2, 0.25) is 0 Å². The minimum absolute atomic E-state index is 0.0843. The Kier molecular flexibility index (Phi) is 2.21.